The van der Waals surface area contributed by atoms with E-state index in [4.69, 9.17) is 10.2 Å². The van der Waals surface area contributed by atoms with Crippen molar-refractivity contribution in [2.45, 2.75) is 0 Å². The van der Waals surface area contributed by atoms with Crippen molar-refractivity contribution in [1.29, 1.82) is 0 Å². The van der Waals surface area contributed by atoms with E-state index in [2.05, 4.69) is 77.2 Å². The lowest BCUT2D eigenvalue weighted by Crippen LogP contribution is -3.00. The first-order valence-corrected chi connectivity index (χ1v) is 13.6. The molecule has 0 saturated heterocycles. The van der Waals surface area contributed by atoms with Gasteiger partial charge in [-0.3, -0.25) is 0 Å². The maximum absolute atomic E-state index is 9.00. The summed E-state index contributed by atoms with van der Waals surface area (Å²) >= 11 is 5.37. The van der Waals surface area contributed by atoms with Crippen LogP contribution in [0.3, 0.4) is 0 Å². The van der Waals surface area contributed by atoms with Crippen LogP contribution in [0.25, 0.3) is 22.4 Å². The first-order valence-electron chi connectivity index (χ1n) is 10.5. The van der Waals surface area contributed by atoms with Crippen LogP contribution in [-0.4, -0.2) is 59.5 Å². The van der Waals surface area contributed by atoms with Crippen LogP contribution in [0.1, 0.15) is 10.6 Å². The lowest BCUT2D eigenvalue weighted by Gasteiger charge is -2.25. The Balaban J connectivity index is 0.00000363. The number of aromatic nitrogens is 1. The molecule has 174 valence electrons. The lowest BCUT2D eigenvalue weighted by atomic mass is 10.2. The summed E-state index contributed by atoms with van der Waals surface area (Å²) in [6.45, 7) is 2.37. The zero-order valence-electron chi connectivity index (χ0n) is 18.3. The molecule has 1 heterocycles. The summed E-state index contributed by atoms with van der Waals surface area (Å²) in [4.78, 5) is 2.40. The van der Waals surface area contributed by atoms with Crippen molar-refractivity contribution in [3.63, 3.8) is 0 Å². The van der Waals surface area contributed by atoms with Crippen LogP contribution in [0, 0.1) is 0 Å². The molecule has 0 saturated carbocycles. The molecular weight excluding hydrogens is 571 g/mol. The van der Waals surface area contributed by atoms with Crippen LogP contribution >= 0.6 is 34.9 Å². The van der Waals surface area contributed by atoms with Crippen LogP contribution in [-0.2, 0) is 7.05 Å². The van der Waals surface area contributed by atoms with E-state index in [1.165, 1.54) is 26.5 Å². The highest BCUT2D eigenvalue weighted by atomic mass is 127. The first-order chi connectivity index (χ1) is 15.2. The molecule has 0 amide bonds. The number of anilines is 1. The number of para-hydroxylation sites is 1. The highest BCUT2D eigenvalue weighted by molar-refractivity contribution is 7.99. The van der Waals surface area contributed by atoms with Crippen molar-refractivity contribution in [1.82, 2.24) is 0 Å². The maximum atomic E-state index is 9.00. The van der Waals surface area contributed by atoms with Crippen LogP contribution in [0.15, 0.2) is 48.5 Å². The van der Waals surface area contributed by atoms with Gasteiger partial charge in [0, 0.05) is 53.9 Å². The molecule has 0 spiro atoms. The molecule has 3 rings (SSSR count). The summed E-state index contributed by atoms with van der Waals surface area (Å²) in [6.07, 6.45) is 4.36. The van der Waals surface area contributed by atoms with Gasteiger partial charge in [0.05, 0.1) is 13.2 Å². The molecule has 0 aliphatic carbocycles. The number of benzene rings is 2. The second-order valence-corrected chi connectivity index (χ2v) is 10.6. The quantitative estimate of drug-likeness (QED) is 0.175. The number of nitrogens with zero attached hydrogens (tertiary/aromatic N) is 2. The van der Waals surface area contributed by atoms with Gasteiger partial charge in [-0.25, -0.2) is 0 Å². The average Bonchev–Trinajstić information content (AvgIpc) is 3.13. The molecule has 0 fully saturated rings. The average molecular weight is 603 g/mol. The summed E-state index contributed by atoms with van der Waals surface area (Å²) in [5.74, 6) is 3.56. The Morgan fingerprint density at radius 2 is 1.50 bits per heavy atom. The van der Waals surface area contributed by atoms with E-state index < -0.39 is 0 Å². The number of thioether (sulfide) groups is 2. The lowest BCUT2D eigenvalue weighted by molar-refractivity contribution is -0.642. The largest absolute Gasteiger partial charge is 1.00 e. The van der Waals surface area contributed by atoms with E-state index in [0.29, 0.717) is 0 Å². The Morgan fingerprint density at radius 1 is 0.875 bits per heavy atom. The van der Waals surface area contributed by atoms with Gasteiger partial charge in [-0.2, -0.15) is 28.1 Å². The van der Waals surface area contributed by atoms with Crippen LogP contribution in [0.2, 0.25) is 0 Å². The minimum absolute atomic E-state index is 0. The predicted molar refractivity (Wildman–Crippen MR) is 139 cm³/mol. The molecule has 0 atom stereocenters. The number of halogens is 1. The summed E-state index contributed by atoms with van der Waals surface area (Å²) < 4.78 is 3.54. The fourth-order valence-corrected chi connectivity index (χ4v) is 5.70. The zero-order chi connectivity index (χ0) is 21.9. The number of rotatable bonds is 13. The topological polar surface area (TPSA) is 47.6 Å². The van der Waals surface area contributed by atoms with Gasteiger partial charge in [-0.05, 0) is 29.8 Å². The smallest absolute Gasteiger partial charge is 0.262 e. The standard InChI is InChI=1S/C24H31N2O2S3.HI/c1-25-22-4-2-3-5-23(22)31-24(25)11-8-20-6-9-21(10-7-20)26(12-16-29-18-14-27)13-17-30-19-15-28;/h2-11,27-28H,12-19H2,1H3;1H/q+1;/p-1. The second kappa shape index (κ2) is 15.2. The molecule has 2 N–H and O–H groups in total. The van der Waals surface area contributed by atoms with E-state index in [1.54, 1.807) is 34.9 Å². The third-order valence-corrected chi connectivity index (χ3v) is 8.00. The Bertz CT molecular complexity index is 952. The Kier molecular flexibility index (Phi) is 13.0. The highest BCUT2D eigenvalue weighted by Gasteiger charge is 2.13. The predicted octanol–water partition coefficient (Wildman–Crippen LogP) is 1.16. The van der Waals surface area contributed by atoms with Gasteiger partial charge in [0.1, 0.15) is 11.7 Å². The zero-order valence-corrected chi connectivity index (χ0v) is 22.9. The molecule has 0 aliphatic rings. The van der Waals surface area contributed by atoms with Gasteiger partial charge in [-0.1, -0.05) is 35.6 Å². The third kappa shape index (κ3) is 8.22. The SMILES string of the molecule is C[n+]1c(/C=C/c2ccc(N(CCSCCO)CCSCCO)cc2)sc2ccccc21.[I-]. The molecule has 0 bridgehead atoms. The normalized spacial score (nSPS) is 11.2. The third-order valence-electron chi connectivity index (χ3n) is 4.93. The summed E-state index contributed by atoms with van der Waals surface area (Å²) in [7, 11) is 2.11. The summed E-state index contributed by atoms with van der Waals surface area (Å²) in [5, 5.41) is 19.2. The Hall–Kier alpha value is -0.780. The summed E-state index contributed by atoms with van der Waals surface area (Å²) in [6, 6.07) is 17.2. The number of aliphatic hydroxyl groups excluding tert-OH is 2. The number of hydrogen-bond donors (Lipinski definition) is 2. The fourth-order valence-electron chi connectivity index (χ4n) is 3.28. The van der Waals surface area contributed by atoms with Gasteiger partial charge in [0.2, 0.25) is 5.52 Å². The monoisotopic (exact) mass is 602 g/mol. The minimum Gasteiger partial charge on any atom is -1.00 e. The molecule has 0 aliphatic heterocycles. The van der Waals surface area contributed by atoms with E-state index >= 15 is 0 Å². The van der Waals surface area contributed by atoms with E-state index in [0.717, 1.165) is 36.1 Å². The Labute approximate surface area is 220 Å². The minimum atomic E-state index is 0. The van der Waals surface area contributed by atoms with E-state index in [1.807, 2.05) is 0 Å². The number of fused-ring (bicyclic) bond motifs is 1. The van der Waals surface area contributed by atoms with Gasteiger partial charge < -0.3 is 39.1 Å². The fraction of sp³-hybridized carbons (Fsp3) is 0.375. The highest BCUT2D eigenvalue weighted by Crippen LogP contribution is 2.22. The van der Waals surface area contributed by atoms with Crippen molar-refractivity contribution in [2.75, 3.05) is 54.2 Å². The first kappa shape index (κ1) is 27.5. The van der Waals surface area contributed by atoms with Gasteiger partial charge in [0.15, 0.2) is 0 Å². The number of aliphatic hydroxyl groups is 2. The second-order valence-electron chi connectivity index (χ2n) is 7.05. The van der Waals surface area contributed by atoms with Crippen LogP contribution in [0.5, 0.6) is 0 Å². The van der Waals surface area contributed by atoms with E-state index in [9.17, 15) is 0 Å². The molecule has 2 aromatic carbocycles. The van der Waals surface area contributed by atoms with Crippen molar-refractivity contribution in [2.24, 2.45) is 7.05 Å². The maximum Gasteiger partial charge on any atom is 0.262 e. The van der Waals surface area contributed by atoms with Crippen molar-refractivity contribution < 1.29 is 38.8 Å². The number of hydrogen-bond acceptors (Lipinski definition) is 6. The molecule has 8 heteroatoms. The molecule has 4 nitrogen and oxygen atoms in total. The molecular formula is C24H31IN2O2S3. The van der Waals surface area contributed by atoms with Gasteiger partial charge >= 0.3 is 0 Å². The van der Waals surface area contributed by atoms with Crippen LogP contribution < -0.4 is 33.4 Å². The molecule has 1 aromatic heterocycles. The molecule has 32 heavy (non-hydrogen) atoms. The summed E-state index contributed by atoms with van der Waals surface area (Å²) in [5.41, 5.74) is 3.67. The molecule has 0 radical (unpaired) electrons. The van der Waals surface area contributed by atoms with Gasteiger partial charge in [0.25, 0.3) is 5.01 Å². The van der Waals surface area contributed by atoms with Crippen molar-refractivity contribution in [3.05, 3.63) is 59.1 Å². The Morgan fingerprint density at radius 3 is 2.09 bits per heavy atom. The van der Waals surface area contributed by atoms with Gasteiger partial charge in [-0.15, -0.1) is 0 Å². The van der Waals surface area contributed by atoms with Crippen molar-refractivity contribution in [3.8, 4) is 0 Å². The molecule has 0 unspecified atom stereocenters. The number of aryl methyl sites for hydroxylation is 1. The van der Waals surface area contributed by atoms with E-state index in [-0.39, 0.29) is 37.2 Å². The number of thiazole rings is 1. The molecule has 3 aromatic rings. The van der Waals surface area contributed by atoms with Crippen molar-refractivity contribution >= 4 is 62.9 Å². The van der Waals surface area contributed by atoms with Crippen LogP contribution in [0.4, 0.5) is 5.69 Å².